The van der Waals surface area contributed by atoms with E-state index in [1.54, 1.807) is 0 Å². The van der Waals surface area contributed by atoms with E-state index in [9.17, 15) is 4.79 Å². The lowest BCUT2D eigenvalue weighted by Gasteiger charge is -2.15. The van der Waals surface area contributed by atoms with E-state index in [1.165, 1.54) is 0 Å². The first-order chi connectivity index (χ1) is 7.83. The molecule has 0 spiro atoms. The Kier molecular flexibility index (Phi) is 2.14. The van der Waals surface area contributed by atoms with Crippen molar-refractivity contribution in [3.63, 3.8) is 0 Å². The van der Waals surface area contributed by atoms with E-state index in [0.717, 1.165) is 22.0 Å². The van der Waals surface area contributed by atoms with Gasteiger partial charge < -0.3 is 4.90 Å². The third-order valence-electron chi connectivity index (χ3n) is 2.97. The Morgan fingerprint density at radius 3 is 2.62 bits per heavy atom. The summed E-state index contributed by atoms with van der Waals surface area (Å²) in [6.07, 6.45) is 0. The fourth-order valence-corrected chi connectivity index (χ4v) is 2.50. The Morgan fingerprint density at radius 1 is 1.12 bits per heavy atom. The van der Waals surface area contributed by atoms with Crippen molar-refractivity contribution >= 4 is 35.0 Å². The van der Waals surface area contributed by atoms with Gasteiger partial charge in [-0.05, 0) is 17.5 Å². The fourth-order valence-electron chi connectivity index (χ4n) is 2.30. The van der Waals surface area contributed by atoms with Gasteiger partial charge in [0.2, 0.25) is 0 Å². The summed E-state index contributed by atoms with van der Waals surface area (Å²) in [6, 6.07) is 11.9. The summed E-state index contributed by atoms with van der Waals surface area (Å²) in [4.78, 5) is 14.0. The molecular formula is C13H11NOS. The molecular weight excluding hydrogens is 218 g/mol. The molecule has 16 heavy (non-hydrogen) atoms. The number of benzene rings is 2. The van der Waals surface area contributed by atoms with E-state index in [2.05, 4.69) is 12.6 Å². The SMILES string of the molecule is O=C1c2cccc3cccc(c23)N1CCS. The second-order valence-corrected chi connectivity index (χ2v) is 4.31. The standard InChI is InChI=1S/C13H11NOS/c15-13-10-5-1-3-9-4-2-6-11(12(9)10)14(13)7-8-16/h1-6,16H,7-8H2. The molecule has 0 bridgehead atoms. The van der Waals surface area contributed by atoms with Crippen LogP contribution < -0.4 is 4.90 Å². The van der Waals surface area contributed by atoms with Crippen molar-refractivity contribution in [2.45, 2.75) is 0 Å². The van der Waals surface area contributed by atoms with Gasteiger partial charge in [0, 0.05) is 23.2 Å². The average Bonchev–Trinajstić information content (AvgIpc) is 2.58. The minimum atomic E-state index is 0.0980. The van der Waals surface area contributed by atoms with E-state index in [-0.39, 0.29) is 5.91 Å². The molecule has 3 heteroatoms. The minimum absolute atomic E-state index is 0.0980. The van der Waals surface area contributed by atoms with Crippen LogP contribution in [0.15, 0.2) is 36.4 Å². The highest BCUT2D eigenvalue weighted by molar-refractivity contribution is 7.80. The first-order valence-electron chi connectivity index (χ1n) is 5.27. The molecule has 2 nitrogen and oxygen atoms in total. The predicted molar refractivity (Wildman–Crippen MR) is 69.5 cm³/mol. The molecule has 1 aliphatic heterocycles. The van der Waals surface area contributed by atoms with Crippen molar-refractivity contribution in [2.75, 3.05) is 17.2 Å². The summed E-state index contributed by atoms with van der Waals surface area (Å²) >= 11 is 4.20. The normalized spacial score (nSPS) is 13.8. The number of carbonyl (C=O) groups is 1. The second kappa shape index (κ2) is 3.52. The van der Waals surface area contributed by atoms with Gasteiger partial charge in [0.1, 0.15) is 0 Å². The van der Waals surface area contributed by atoms with Gasteiger partial charge >= 0.3 is 0 Å². The molecule has 80 valence electrons. The summed E-state index contributed by atoms with van der Waals surface area (Å²) in [5, 5.41) is 2.21. The van der Waals surface area contributed by atoms with Crippen LogP contribution in [0.1, 0.15) is 10.4 Å². The van der Waals surface area contributed by atoms with E-state index < -0.39 is 0 Å². The maximum Gasteiger partial charge on any atom is 0.259 e. The van der Waals surface area contributed by atoms with Gasteiger partial charge in [0.15, 0.2) is 0 Å². The van der Waals surface area contributed by atoms with Gasteiger partial charge in [-0.25, -0.2) is 0 Å². The number of carbonyl (C=O) groups excluding carboxylic acids is 1. The highest BCUT2D eigenvalue weighted by atomic mass is 32.1. The summed E-state index contributed by atoms with van der Waals surface area (Å²) < 4.78 is 0. The Balaban J connectivity index is 2.31. The number of rotatable bonds is 2. The molecule has 2 aromatic rings. The number of nitrogens with zero attached hydrogens (tertiary/aromatic N) is 1. The lowest BCUT2D eigenvalue weighted by atomic mass is 10.1. The Morgan fingerprint density at radius 2 is 1.88 bits per heavy atom. The quantitative estimate of drug-likeness (QED) is 0.785. The molecule has 0 atom stereocenters. The zero-order chi connectivity index (χ0) is 11.1. The molecule has 1 aliphatic rings. The third-order valence-corrected chi connectivity index (χ3v) is 3.17. The van der Waals surface area contributed by atoms with Crippen LogP contribution in [0.5, 0.6) is 0 Å². The van der Waals surface area contributed by atoms with E-state index in [0.29, 0.717) is 12.3 Å². The zero-order valence-electron chi connectivity index (χ0n) is 8.68. The monoisotopic (exact) mass is 229 g/mol. The number of hydrogen-bond acceptors (Lipinski definition) is 2. The lowest BCUT2D eigenvalue weighted by Crippen LogP contribution is -2.28. The van der Waals surface area contributed by atoms with Crippen LogP contribution in [-0.4, -0.2) is 18.2 Å². The zero-order valence-corrected chi connectivity index (χ0v) is 9.58. The van der Waals surface area contributed by atoms with Crippen molar-refractivity contribution in [3.05, 3.63) is 42.0 Å². The number of hydrogen-bond donors (Lipinski definition) is 1. The molecule has 0 aromatic heterocycles. The van der Waals surface area contributed by atoms with E-state index in [4.69, 9.17) is 0 Å². The molecule has 0 radical (unpaired) electrons. The molecule has 0 saturated heterocycles. The van der Waals surface area contributed by atoms with Crippen LogP contribution in [0.3, 0.4) is 0 Å². The summed E-state index contributed by atoms with van der Waals surface area (Å²) in [7, 11) is 0. The topological polar surface area (TPSA) is 20.3 Å². The van der Waals surface area contributed by atoms with Crippen LogP contribution in [0.2, 0.25) is 0 Å². The fraction of sp³-hybridized carbons (Fsp3) is 0.154. The van der Waals surface area contributed by atoms with Crippen molar-refractivity contribution in [3.8, 4) is 0 Å². The largest absolute Gasteiger partial charge is 0.307 e. The number of anilines is 1. The number of thiol groups is 1. The maximum absolute atomic E-state index is 12.2. The minimum Gasteiger partial charge on any atom is -0.307 e. The predicted octanol–water partition coefficient (Wildman–Crippen LogP) is 2.73. The molecule has 1 heterocycles. The van der Waals surface area contributed by atoms with Gasteiger partial charge in [-0.2, -0.15) is 12.6 Å². The Hall–Kier alpha value is -1.48. The molecule has 3 rings (SSSR count). The first-order valence-corrected chi connectivity index (χ1v) is 5.90. The molecule has 0 saturated carbocycles. The highest BCUT2D eigenvalue weighted by Gasteiger charge is 2.28. The number of amides is 1. The van der Waals surface area contributed by atoms with Gasteiger partial charge in [0.05, 0.1) is 5.69 Å². The van der Waals surface area contributed by atoms with E-state index in [1.807, 2.05) is 41.3 Å². The molecule has 0 unspecified atom stereocenters. The van der Waals surface area contributed by atoms with Gasteiger partial charge in [-0.15, -0.1) is 0 Å². The van der Waals surface area contributed by atoms with Gasteiger partial charge in [-0.3, -0.25) is 4.79 Å². The Labute approximate surface area is 99.3 Å². The van der Waals surface area contributed by atoms with Gasteiger partial charge in [-0.1, -0.05) is 24.3 Å². The summed E-state index contributed by atoms with van der Waals surface area (Å²) in [5.41, 5.74) is 1.84. The van der Waals surface area contributed by atoms with Crippen molar-refractivity contribution in [2.24, 2.45) is 0 Å². The summed E-state index contributed by atoms with van der Waals surface area (Å²) in [6.45, 7) is 0.662. The first kappa shape index (κ1) is 9.73. The van der Waals surface area contributed by atoms with Crippen molar-refractivity contribution in [1.82, 2.24) is 0 Å². The van der Waals surface area contributed by atoms with Crippen LogP contribution >= 0.6 is 12.6 Å². The van der Waals surface area contributed by atoms with E-state index >= 15 is 0 Å². The molecule has 1 amide bonds. The lowest BCUT2D eigenvalue weighted by molar-refractivity contribution is 0.0995. The van der Waals surface area contributed by atoms with Crippen LogP contribution in [0.25, 0.3) is 10.8 Å². The summed E-state index contributed by atoms with van der Waals surface area (Å²) in [5.74, 6) is 0.775. The third kappa shape index (κ3) is 1.18. The smallest absolute Gasteiger partial charge is 0.259 e. The molecule has 0 aliphatic carbocycles. The Bertz CT molecular complexity index is 574. The molecule has 0 N–H and O–H groups in total. The maximum atomic E-state index is 12.2. The highest BCUT2D eigenvalue weighted by Crippen LogP contribution is 2.36. The average molecular weight is 229 g/mol. The van der Waals surface area contributed by atoms with Gasteiger partial charge in [0.25, 0.3) is 5.91 Å². The van der Waals surface area contributed by atoms with Crippen LogP contribution in [-0.2, 0) is 0 Å². The van der Waals surface area contributed by atoms with Crippen molar-refractivity contribution in [1.29, 1.82) is 0 Å². The van der Waals surface area contributed by atoms with Crippen LogP contribution in [0.4, 0.5) is 5.69 Å². The second-order valence-electron chi connectivity index (χ2n) is 3.86. The van der Waals surface area contributed by atoms with Crippen molar-refractivity contribution < 1.29 is 4.79 Å². The molecule has 0 fully saturated rings. The van der Waals surface area contributed by atoms with Crippen LogP contribution in [0, 0.1) is 0 Å². The molecule has 2 aromatic carbocycles.